The van der Waals surface area contributed by atoms with E-state index in [1.54, 1.807) is 12.1 Å². The molecule has 0 aliphatic carbocycles. The number of nitrogens with one attached hydrogen (secondary N) is 1. The van der Waals surface area contributed by atoms with Gasteiger partial charge in [0, 0.05) is 31.6 Å². The maximum atomic E-state index is 14.4. The van der Waals surface area contributed by atoms with Gasteiger partial charge in [0.15, 0.2) is 0 Å². The summed E-state index contributed by atoms with van der Waals surface area (Å²) in [5.74, 6) is -0.605. The number of carbonyl (C=O) groups is 2. The summed E-state index contributed by atoms with van der Waals surface area (Å²) in [6, 6.07) is 25.4. The van der Waals surface area contributed by atoms with Crippen LogP contribution in [-0.2, 0) is 32.6 Å². The molecule has 0 heterocycles. The lowest BCUT2D eigenvalue weighted by Crippen LogP contribution is -2.53. The van der Waals surface area contributed by atoms with Crippen molar-refractivity contribution in [3.05, 3.63) is 129 Å². The van der Waals surface area contributed by atoms with E-state index in [0.29, 0.717) is 5.75 Å². The van der Waals surface area contributed by atoms with Crippen LogP contribution in [0.1, 0.15) is 22.3 Å². The lowest BCUT2D eigenvalue weighted by atomic mass is 10.0. The highest BCUT2D eigenvalue weighted by Gasteiger charge is 2.35. The third-order valence-electron chi connectivity index (χ3n) is 7.56. The van der Waals surface area contributed by atoms with Crippen molar-refractivity contribution in [2.75, 3.05) is 25.0 Å². The minimum Gasteiger partial charge on any atom is -0.497 e. The molecule has 2 amide bonds. The quantitative estimate of drug-likeness (QED) is 0.163. The van der Waals surface area contributed by atoms with Crippen LogP contribution in [0, 0.1) is 24.0 Å². The van der Waals surface area contributed by atoms with Crippen molar-refractivity contribution in [3.63, 3.8) is 0 Å². The number of nitrogens with zero attached hydrogens (tertiary/aromatic N) is 3. The van der Waals surface area contributed by atoms with E-state index in [1.165, 1.54) is 50.2 Å². The number of carbonyl (C=O) groups excluding carboxylic acids is 2. The average Bonchev–Trinajstić information content (AvgIpc) is 3.05. The van der Waals surface area contributed by atoms with Crippen molar-refractivity contribution < 1.29 is 27.7 Å². The van der Waals surface area contributed by atoms with E-state index in [1.807, 2.05) is 61.5 Å². The molecule has 0 bridgehead atoms. The number of likely N-dealkylation sites (N-methyl/N-ethyl adjacent to an activating group) is 1. The van der Waals surface area contributed by atoms with Crippen LogP contribution in [0.15, 0.2) is 102 Å². The first-order valence-electron chi connectivity index (χ1n) is 14.5. The second-order valence-corrected chi connectivity index (χ2v) is 12.6. The number of amides is 2. The van der Waals surface area contributed by atoms with Crippen LogP contribution >= 0.6 is 0 Å². The van der Waals surface area contributed by atoms with Crippen molar-refractivity contribution in [3.8, 4) is 5.75 Å². The number of methoxy groups -OCH3 is 1. The van der Waals surface area contributed by atoms with Crippen LogP contribution in [0.25, 0.3) is 0 Å². The fourth-order valence-corrected chi connectivity index (χ4v) is 6.51. The van der Waals surface area contributed by atoms with Gasteiger partial charge in [0.1, 0.15) is 18.3 Å². The van der Waals surface area contributed by atoms with E-state index in [4.69, 9.17) is 4.74 Å². The van der Waals surface area contributed by atoms with Gasteiger partial charge in [0.2, 0.25) is 11.8 Å². The third-order valence-corrected chi connectivity index (χ3v) is 9.33. The number of anilines is 1. The topological polar surface area (TPSA) is 139 Å². The van der Waals surface area contributed by atoms with Crippen LogP contribution in [0.2, 0.25) is 0 Å². The van der Waals surface area contributed by atoms with Gasteiger partial charge in [-0.3, -0.25) is 24.0 Å². The molecule has 0 aliphatic rings. The highest BCUT2D eigenvalue weighted by molar-refractivity contribution is 7.92. The highest BCUT2D eigenvalue weighted by atomic mass is 32.2. The summed E-state index contributed by atoms with van der Waals surface area (Å²) in [6.07, 6.45) is 0.178. The Balaban J connectivity index is 1.83. The van der Waals surface area contributed by atoms with Gasteiger partial charge < -0.3 is 15.0 Å². The molecule has 1 atom stereocenters. The second-order valence-electron chi connectivity index (χ2n) is 10.7. The zero-order valence-corrected chi connectivity index (χ0v) is 26.9. The molecule has 0 aliphatic heterocycles. The number of aryl methyl sites for hydroxylation is 2. The first-order valence-corrected chi connectivity index (χ1v) is 15.9. The molecule has 46 heavy (non-hydrogen) atoms. The maximum Gasteiger partial charge on any atom is 0.273 e. The van der Waals surface area contributed by atoms with Crippen molar-refractivity contribution >= 4 is 33.2 Å². The molecule has 4 rings (SSSR count). The molecule has 4 aromatic carbocycles. The average molecular weight is 645 g/mol. The summed E-state index contributed by atoms with van der Waals surface area (Å²) >= 11 is 0. The van der Waals surface area contributed by atoms with Crippen molar-refractivity contribution in [1.82, 2.24) is 10.2 Å². The predicted molar refractivity (Wildman–Crippen MR) is 175 cm³/mol. The summed E-state index contributed by atoms with van der Waals surface area (Å²) in [6.45, 7) is 2.76. The molecular formula is C34H36N4O7S. The Morgan fingerprint density at radius 2 is 1.59 bits per heavy atom. The molecule has 0 saturated carbocycles. The summed E-state index contributed by atoms with van der Waals surface area (Å²) in [5.41, 5.74) is 2.56. The molecule has 0 saturated heterocycles. The SMILES string of the molecule is CNC(=O)[C@H](Cc1ccccc1)N(Cc1cccc(C)c1)C(=O)CN(c1ccc(OC)cc1)S(=O)(=O)c1ccc(C)c([N+](=O)[O-])c1. The van der Waals surface area contributed by atoms with E-state index in [9.17, 15) is 28.1 Å². The van der Waals surface area contributed by atoms with Gasteiger partial charge in [-0.05, 0) is 55.3 Å². The monoisotopic (exact) mass is 644 g/mol. The van der Waals surface area contributed by atoms with Gasteiger partial charge in [-0.25, -0.2) is 8.42 Å². The Bertz CT molecular complexity index is 1810. The summed E-state index contributed by atoms with van der Waals surface area (Å²) in [5, 5.41) is 14.3. The van der Waals surface area contributed by atoms with Crippen LogP contribution < -0.4 is 14.4 Å². The van der Waals surface area contributed by atoms with E-state index in [0.717, 1.165) is 27.1 Å². The minimum atomic E-state index is -4.53. The van der Waals surface area contributed by atoms with Gasteiger partial charge in [-0.1, -0.05) is 66.2 Å². The van der Waals surface area contributed by atoms with Gasteiger partial charge in [0.05, 0.1) is 22.6 Å². The van der Waals surface area contributed by atoms with Gasteiger partial charge in [-0.15, -0.1) is 0 Å². The van der Waals surface area contributed by atoms with Gasteiger partial charge in [-0.2, -0.15) is 0 Å². The fraction of sp³-hybridized carbons (Fsp3) is 0.235. The third kappa shape index (κ3) is 7.88. The summed E-state index contributed by atoms with van der Waals surface area (Å²) in [4.78, 5) is 39.8. The molecule has 1 N–H and O–H groups in total. The number of sulfonamides is 1. The summed E-state index contributed by atoms with van der Waals surface area (Å²) < 4.78 is 34.5. The predicted octanol–water partition coefficient (Wildman–Crippen LogP) is 4.80. The van der Waals surface area contributed by atoms with Crippen LogP contribution in [0.5, 0.6) is 5.75 Å². The normalized spacial score (nSPS) is 11.7. The number of ether oxygens (including phenoxy) is 1. The van der Waals surface area contributed by atoms with Gasteiger partial charge in [0.25, 0.3) is 15.7 Å². The number of nitro benzene ring substituents is 1. The Kier molecular flexibility index (Phi) is 10.8. The van der Waals surface area contributed by atoms with Crippen molar-refractivity contribution in [1.29, 1.82) is 0 Å². The summed E-state index contributed by atoms with van der Waals surface area (Å²) in [7, 11) is -1.58. The zero-order chi connectivity index (χ0) is 33.4. The molecule has 240 valence electrons. The van der Waals surface area contributed by atoms with Crippen molar-refractivity contribution in [2.45, 2.75) is 37.8 Å². The fourth-order valence-electron chi connectivity index (χ4n) is 5.08. The van der Waals surface area contributed by atoms with E-state index in [-0.39, 0.29) is 34.8 Å². The Morgan fingerprint density at radius 3 is 2.20 bits per heavy atom. The first-order chi connectivity index (χ1) is 21.9. The van der Waals surface area contributed by atoms with E-state index in [2.05, 4.69) is 5.32 Å². The molecule has 11 nitrogen and oxygen atoms in total. The standard InChI is InChI=1S/C34H36N4O7S/c1-24-9-8-12-27(19-24)22-36(32(34(40)35-3)20-26-10-6-5-7-11-26)33(39)23-37(28-14-16-29(45-4)17-15-28)46(43,44)30-18-13-25(2)31(21-30)38(41)42/h5-19,21,32H,20,22-23H2,1-4H3,(H,35,40)/t32-/m0/s1. The Hall–Kier alpha value is -5.23. The van der Waals surface area contributed by atoms with E-state index >= 15 is 0 Å². The molecule has 12 heteroatoms. The van der Waals surface area contributed by atoms with Crippen LogP contribution in [-0.4, -0.2) is 56.8 Å². The number of benzene rings is 4. The second kappa shape index (κ2) is 14.7. The number of hydrogen-bond donors (Lipinski definition) is 1. The lowest BCUT2D eigenvalue weighted by Gasteiger charge is -2.33. The smallest absolute Gasteiger partial charge is 0.273 e. The molecule has 0 aromatic heterocycles. The zero-order valence-electron chi connectivity index (χ0n) is 26.0. The Morgan fingerprint density at radius 1 is 0.913 bits per heavy atom. The number of nitro groups is 1. The molecule has 0 fully saturated rings. The Labute approximate surface area is 268 Å². The molecule has 0 radical (unpaired) electrons. The lowest BCUT2D eigenvalue weighted by molar-refractivity contribution is -0.385. The molecule has 0 unspecified atom stereocenters. The molecule has 0 spiro atoms. The van der Waals surface area contributed by atoms with Crippen LogP contribution in [0.3, 0.4) is 0 Å². The first kappa shape index (κ1) is 33.7. The molecular weight excluding hydrogens is 608 g/mol. The van der Waals surface area contributed by atoms with Crippen LogP contribution in [0.4, 0.5) is 11.4 Å². The number of rotatable bonds is 13. The minimum absolute atomic E-state index is 0.0257. The van der Waals surface area contributed by atoms with E-state index < -0.39 is 39.3 Å². The highest BCUT2D eigenvalue weighted by Crippen LogP contribution is 2.30. The molecule has 4 aromatic rings. The number of hydrogen-bond acceptors (Lipinski definition) is 7. The maximum absolute atomic E-state index is 14.4. The largest absolute Gasteiger partial charge is 0.497 e. The van der Waals surface area contributed by atoms with Gasteiger partial charge >= 0.3 is 0 Å². The van der Waals surface area contributed by atoms with Crippen molar-refractivity contribution in [2.24, 2.45) is 0 Å².